The first-order chi connectivity index (χ1) is 8.18. The normalized spacial score (nSPS) is 11.6. The molecule has 2 rings (SSSR count). The molecular formula is C14H18N2S. The Morgan fingerprint density at radius 1 is 1.29 bits per heavy atom. The van der Waals surface area contributed by atoms with Crippen LogP contribution in [-0.4, -0.2) is 11.5 Å². The molecule has 2 aromatic rings. The minimum atomic E-state index is 0.191. The lowest BCUT2D eigenvalue weighted by Gasteiger charge is -2.23. The molecule has 0 unspecified atom stereocenters. The molecule has 0 radical (unpaired) electrons. The highest BCUT2D eigenvalue weighted by Crippen LogP contribution is 2.26. The summed E-state index contributed by atoms with van der Waals surface area (Å²) in [5, 5.41) is 5.63. The number of hydrogen-bond donors (Lipinski definition) is 1. The van der Waals surface area contributed by atoms with Crippen molar-refractivity contribution in [3.05, 3.63) is 52.5 Å². The lowest BCUT2D eigenvalue weighted by Crippen LogP contribution is -2.31. The fourth-order valence-corrected chi connectivity index (χ4v) is 2.62. The Morgan fingerprint density at radius 3 is 2.82 bits per heavy atom. The van der Waals surface area contributed by atoms with Crippen molar-refractivity contribution in [3.63, 3.8) is 0 Å². The van der Waals surface area contributed by atoms with Gasteiger partial charge in [0.05, 0.1) is 0 Å². The highest BCUT2D eigenvalue weighted by Gasteiger charge is 2.20. The minimum Gasteiger partial charge on any atom is -0.312 e. The molecule has 2 aromatic heterocycles. The van der Waals surface area contributed by atoms with Crippen molar-refractivity contribution in [1.82, 2.24) is 10.3 Å². The van der Waals surface area contributed by atoms with Crippen molar-refractivity contribution in [1.29, 1.82) is 0 Å². The van der Waals surface area contributed by atoms with E-state index >= 15 is 0 Å². The smallest absolute Gasteiger partial charge is 0.0312 e. The molecule has 2 heterocycles. The van der Waals surface area contributed by atoms with E-state index in [0.29, 0.717) is 0 Å². The monoisotopic (exact) mass is 246 g/mol. The molecule has 0 fully saturated rings. The summed E-state index contributed by atoms with van der Waals surface area (Å²) < 4.78 is 0. The second kappa shape index (κ2) is 5.43. The van der Waals surface area contributed by atoms with E-state index in [-0.39, 0.29) is 5.41 Å². The molecule has 2 nitrogen and oxygen atoms in total. The van der Waals surface area contributed by atoms with Gasteiger partial charge < -0.3 is 5.32 Å². The second-order valence-electron chi connectivity index (χ2n) is 4.83. The lowest BCUT2D eigenvalue weighted by atomic mass is 9.91. The topological polar surface area (TPSA) is 24.9 Å². The van der Waals surface area contributed by atoms with Crippen molar-refractivity contribution in [2.75, 3.05) is 6.54 Å². The van der Waals surface area contributed by atoms with E-state index in [1.807, 2.05) is 23.6 Å². The van der Waals surface area contributed by atoms with Gasteiger partial charge in [0.2, 0.25) is 0 Å². The van der Waals surface area contributed by atoms with Crippen LogP contribution < -0.4 is 5.32 Å². The van der Waals surface area contributed by atoms with Gasteiger partial charge in [-0.05, 0) is 23.1 Å². The first-order valence-corrected chi connectivity index (χ1v) is 6.70. The lowest BCUT2D eigenvalue weighted by molar-refractivity contribution is 0.476. The van der Waals surface area contributed by atoms with Crippen LogP contribution in [0.3, 0.4) is 0 Å². The maximum atomic E-state index is 4.11. The third-order valence-electron chi connectivity index (χ3n) is 2.81. The van der Waals surface area contributed by atoms with Gasteiger partial charge in [-0.3, -0.25) is 4.98 Å². The molecule has 0 saturated heterocycles. The van der Waals surface area contributed by atoms with Crippen molar-refractivity contribution in [3.8, 4) is 0 Å². The molecule has 0 amide bonds. The van der Waals surface area contributed by atoms with E-state index in [1.54, 1.807) is 6.20 Å². The van der Waals surface area contributed by atoms with Crippen LogP contribution in [0.2, 0.25) is 0 Å². The molecule has 0 aromatic carbocycles. The Hall–Kier alpha value is -1.19. The molecule has 90 valence electrons. The van der Waals surface area contributed by atoms with E-state index in [4.69, 9.17) is 0 Å². The van der Waals surface area contributed by atoms with Crippen molar-refractivity contribution >= 4 is 11.3 Å². The van der Waals surface area contributed by atoms with Gasteiger partial charge in [0, 0.05) is 35.8 Å². The fourth-order valence-electron chi connectivity index (χ4n) is 1.77. The Balaban J connectivity index is 1.86. The second-order valence-corrected chi connectivity index (χ2v) is 5.77. The Kier molecular flexibility index (Phi) is 3.92. The number of rotatable bonds is 5. The van der Waals surface area contributed by atoms with E-state index in [2.05, 4.69) is 47.7 Å². The van der Waals surface area contributed by atoms with E-state index in [9.17, 15) is 0 Å². The van der Waals surface area contributed by atoms with Gasteiger partial charge in [-0.2, -0.15) is 0 Å². The molecule has 0 spiro atoms. The number of aromatic nitrogens is 1. The first kappa shape index (κ1) is 12.3. The van der Waals surface area contributed by atoms with Crippen molar-refractivity contribution < 1.29 is 0 Å². The maximum Gasteiger partial charge on any atom is 0.0312 e. The van der Waals surface area contributed by atoms with Crippen LogP contribution in [0, 0.1) is 0 Å². The Labute approximate surface area is 107 Å². The maximum absolute atomic E-state index is 4.11. The Morgan fingerprint density at radius 2 is 2.18 bits per heavy atom. The van der Waals surface area contributed by atoms with Gasteiger partial charge in [0.25, 0.3) is 0 Å². The average molecular weight is 246 g/mol. The van der Waals surface area contributed by atoms with Gasteiger partial charge in [-0.25, -0.2) is 0 Å². The van der Waals surface area contributed by atoms with E-state index in [1.165, 1.54) is 10.4 Å². The van der Waals surface area contributed by atoms with Gasteiger partial charge in [-0.1, -0.05) is 26.0 Å². The van der Waals surface area contributed by atoms with Gasteiger partial charge in [0.1, 0.15) is 0 Å². The predicted molar refractivity (Wildman–Crippen MR) is 73.3 cm³/mol. The van der Waals surface area contributed by atoms with Crippen LogP contribution in [-0.2, 0) is 12.0 Å². The number of nitrogens with zero attached hydrogens (tertiary/aromatic N) is 1. The minimum absolute atomic E-state index is 0.191. The SMILES string of the molecule is CC(C)(CNCc1cccnc1)c1cccs1. The number of thiophene rings is 1. The summed E-state index contributed by atoms with van der Waals surface area (Å²) in [5.74, 6) is 0. The summed E-state index contributed by atoms with van der Waals surface area (Å²) in [5.41, 5.74) is 1.42. The summed E-state index contributed by atoms with van der Waals surface area (Å²) >= 11 is 1.82. The predicted octanol–water partition coefficient (Wildman–Crippen LogP) is 3.21. The molecule has 0 aliphatic carbocycles. The third-order valence-corrected chi connectivity index (χ3v) is 4.04. The summed E-state index contributed by atoms with van der Waals surface area (Å²) in [7, 11) is 0. The van der Waals surface area contributed by atoms with Crippen molar-refractivity contribution in [2.24, 2.45) is 0 Å². The van der Waals surface area contributed by atoms with E-state index in [0.717, 1.165) is 13.1 Å². The highest BCUT2D eigenvalue weighted by atomic mass is 32.1. The van der Waals surface area contributed by atoms with Crippen LogP contribution >= 0.6 is 11.3 Å². The van der Waals surface area contributed by atoms with E-state index < -0.39 is 0 Å². The van der Waals surface area contributed by atoms with Crippen LogP contribution in [0.25, 0.3) is 0 Å². The summed E-state index contributed by atoms with van der Waals surface area (Å²) in [6.45, 7) is 6.40. The molecule has 0 aliphatic rings. The molecule has 17 heavy (non-hydrogen) atoms. The van der Waals surface area contributed by atoms with Gasteiger partial charge in [-0.15, -0.1) is 11.3 Å². The largest absolute Gasteiger partial charge is 0.312 e. The summed E-state index contributed by atoms with van der Waals surface area (Å²) in [4.78, 5) is 5.54. The van der Waals surface area contributed by atoms with Crippen LogP contribution in [0.5, 0.6) is 0 Å². The zero-order chi connectivity index (χ0) is 12.1. The number of nitrogens with one attached hydrogen (secondary N) is 1. The molecule has 0 atom stereocenters. The van der Waals surface area contributed by atoms with Crippen molar-refractivity contribution in [2.45, 2.75) is 25.8 Å². The average Bonchev–Trinajstić information content (AvgIpc) is 2.84. The summed E-state index contributed by atoms with van der Waals surface area (Å²) in [6.07, 6.45) is 3.71. The molecule has 3 heteroatoms. The van der Waals surface area contributed by atoms with Gasteiger partial charge >= 0.3 is 0 Å². The molecule has 1 N–H and O–H groups in total. The zero-order valence-electron chi connectivity index (χ0n) is 10.3. The molecule has 0 aliphatic heterocycles. The summed E-state index contributed by atoms with van der Waals surface area (Å²) in [6, 6.07) is 8.39. The quantitative estimate of drug-likeness (QED) is 0.876. The first-order valence-electron chi connectivity index (χ1n) is 5.82. The fraction of sp³-hybridized carbons (Fsp3) is 0.357. The molecular weight excluding hydrogens is 228 g/mol. The molecule has 0 saturated carbocycles. The number of hydrogen-bond acceptors (Lipinski definition) is 3. The van der Waals surface area contributed by atoms with Crippen LogP contribution in [0.15, 0.2) is 42.0 Å². The standard InChI is InChI=1S/C14H18N2S/c1-14(2,13-6-4-8-17-13)11-16-10-12-5-3-7-15-9-12/h3-9,16H,10-11H2,1-2H3. The highest BCUT2D eigenvalue weighted by molar-refractivity contribution is 7.10. The third kappa shape index (κ3) is 3.38. The molecule has 0 bridgehead atoms. The zero-order valence-corrected chi connectivity index (χ0v) is 11.1. The Bertz CT molecular complexity index is 435. The number of pyridine rings is 1. The van der Waals surface area contributed by atoms with Crippen LogP contribution in [0.4, 0.5) is 0 Å². The van der Waals surface area contributed by atoms with Gasteiger partial charge in [0.15, 0.2) is 0 Å². The van der Waals surface area contributed by atoms with Crippen LogP contribution in [0.1, 0.15) is 24.3 Å².